The van der Waals surface area contributed by atoms with E-state index in [1.54, 1.807) is 11.3 Å². The lowest BCUT2D eigenvalue weighted by molar-refractivity contribution is 0.245. The second-order valence-corrected chi connectivity index (χ2v) is 11.0. The van der Waals surface area contributed by atoms with Crippen LogP contribution in [0.15, 0.2) is 47.6 Å². The summed E-state index contributed by atoms with van der Waals surface area (Å²) in [5, 5.41) is 9.51. The summed E-state index contributed by atoms with van der Waals surface area (Å²) in [4.78, 5) is 11.5. The first-order valence-electron chi connectivity index (χ1n) is 10.2. The molecule has 1 unspecified atom stereocenters. The summed E-state index contributed by atoms with van der Waals surface area (Å²) in [5.74, 6) is 0.837. The number of hydrogen-bond acceptors (Lipinski definition) is 7. The van der Waals surface area contributed by atoms with E-state index in [-0.39, 0.29) is 10.8 Å². The third-order valence-corrected chi connectivity index (χ3v) is 6.52. The smallest absolute Gasteiger partial charge is 0.132 e. The van der Waals surface area contributed by atoms with Crippen LogP contribution in [0.1, 0.15) is 45.6 Å². The van der Waals surface area contributed by atoms with Crippen molar-refractivity contribution in [3.8, 4) is 0 Å². The summed E-state index contributed by atoms with van der Waals surface area (Å²) >= 11 is 3.49. The maximum atomic E-state index is 4.75. The molecule has 1 atom stereocenters. The summed E-state index contributed by atoms with van der Waals surface area (Å²) in [7, 11) is 0. The first-order chi connectivity index (χ1) is 14.3. The van der Waals surface area contributed by atoms with Crippen molar-refractivity contribution >= 4 is 50.5 Å². The number of pyridine rings is 1. The SMILES string of the molecule is CC(C)Nc1cc(Nc2ccc3ncsc3c2)ncc1C1SC=CN1CC(C)(C)C. The van der Waals surface area contributed by atoms with E-state index in [1.807, 2.05) is 29.5 Å². The summed E-state index contributed by atoms with van der Waals surface area (Å²) in [5.41, 5.74) is 6.49. The summed E-state index contributed by atoms with van der Waals surface area (Å²) in [6.45, 7) is 12.2. The highest BCUT2D eigenvalue weighted by atomic mass is 32.2. The van der Waals surface area contributed by atoms with Gasteiger partial charge in [0.15, 0.2) is 0 Å². The molecule has 3 heterocycles. The zero-order valence-electron chi connectivity index (χ0n) is 18.1. The van der Waals surface area contributed by atoms with E-state index in [0.717, 1.165) is 29.3 Å². The van der Waals surface area contributed by atoms with Crippen LogP contribution < -0.4 is 10.6 Å². The number of rotatable bonds is 6. The van der Waals surface area contributed by atoms with Crippen LogP contribution in [0.4, 0.5) is 17.2 Å². The molecule has 0 radical (unpaired) electrons. The Bertz CT molecular complexity index is 1050. The predicted octanol–water partition coefficient (Wildman–Crippen LogP) is 6.82. The van der Waals surface area contributed by atoms with Crippen LogP contribution in [0.25, 0.3) is 10.2 Å². The van der Waals surface area contributed by atoms with Gasteiger partial charge in [0.05, 0.1) is 15.7 Å². The van der Waals surface area contributed by atoms with E-state index in [1.165, 1.54) is 10.3 Å². The highest BCUT2D eigenvalue weighted by Gasteiger charge is 2.28. The zero-order chi connectivity index (χ0) is 21.3. The molecule has 2 N–H and O–H groups in total. The van der Waals surface area contributed by atoms with E-state index in [9.17, 15) is 0 Å². The fraction of sp³-hybridized carbons (Fsp3) is 0.391. The molecule has 1 aliphatic rings. The molecule has 1 aliphatic heterocycles. The van der Waals surface area contributed by atoms with Crippen LogP contribution in [-0.4, -0.2) is 27.5 Å². The number of benzene rings is 1. The Morgan fingerprint density at radius 2 is 2.00 bits per heavy atom. The van der Waals surface area contributed by atoms with Crippen molar-refractivity contribution in [3.63, 3.8) is 0 Å². The van der Waals surface area contributed by atoms with Crippen molar-refractivity contribution in [2.24, 2.45) is 5.41 Å². The molecule has 0 fully saturated rings. The minimum absolute atomic E-state index is 0.226. The third kappa shape index (κ3) is 4.90. The Labute approximate surface area is 187 Å². The standard InChI is InChI=1S/C23H29N5S2/c1-15(2)26-19-11-21(27-16-6-7-18-20(10-16)30-14-25-18)24-12-17(19)22-28(8-9-29-22)13-23(3,4)5/h6-12,14-15,22H,13H2,1-5H3,(H2,24,26,27). The van der Waals surface area contributed by atoms with E-state index in [4.69, 9.17) is 4.98 Å². The van der Waals surface area contributed by atoms with Crippen molar-refractivity contribution < 1.29 is 0 Å². The molecule has 0 aliphatic carbocycles. The number of aromatic nitrogens is 2. The van der Waals surface area contributed by atoms with Gasteiger partial charge >= 0.3 is 0 Å². The first kappa shape index (κ1) is 21.0. The Kier molecular flexibility index (Phi) is 5.93. The second-order valence-electron chi connectivity index (χ2n) is 9.12. The predicted molar refractivity (Wildman–Crippen MR) is 132 cm³/mol. The van der Waals surface area contributed by atoms with Gasteiger partial charge in [-0.15, -0.1) is 23.1 Å². The van der Waals surface area contributed by atoms with E-state index < -0.39 is 0 Å². The third-order valence-electron chi connectivity index (χ3n) is 4.67. The van der Waals surface area contributed by atoms with Crippen LogP contribution >= 0.6 is 23.1 Å². The molecule has 158 valence electrons. The Morgan fingerprint density at radius 1 is 1.17 bits per heavy atom. The molecular formula is C23H29N5S2. The Morgan fingerprint density at radius 3 is 2.77 bits per heavy atom. The van der Waals surface area contributed by atoms with Gasteiger partial charge in [-0.1, -0.05) is 20.8 Å². The minimum atomic E-state index is 0.226. The summed E-state index contributed by atoms with van der Waals surface area (Å²) in [6, 6.07) is 8.68. The van der Waals surface area contributed by atoms with Crippen molar-refractivity contribution in [1.29, 1.82) is 0 Å². The molecule has 0 saturated carbocycles. The van der Waals surface area contributed by atoms with Gasteiger partial charge in [0.2, 0.25) is 0 Å². The number of thiazole rings is 1. The fourth-order valence-corrected chi connectivity index (χ4v) is 5.25. The van der Waals surface area contributed by atoms with Crippen LogP contribution in [0, 0.1) is 5.41 Å². The van der Waals surface area contributed by atoms with Crippen LogP contribution in [0.3, 0.4) is 0 Å². The highest BCUT2D eigenvalue weighted by molar-refractivity contribution is 8.02. The monoisotopic (exact) mass is 439 g/mol. The van der Waals surface area contributed by atoms with Gasteiger partial charge in [-0.2, -0.15) is 0 Å². The summed E-state index contributed by atoms with van der Waals surface area (Å²) < 4.78 is 1.17. The van der Waals surface area contributed by atoms with Gasteiger partial charge in [0.25, 0.3) is 0 Å². The molecule has 7 heteroatoms. The average Bonchev–Trinajstić information content (AvgIpc) is 3.29. The fourth-order valence-electron chi connectivity index (χ4n) is 3.53. The Hall–Kier alpha value is -2.25. The van der Waals surface area contributed by atoms with Crippen molar-refractivity contribution in [2.75, 3.05) is 17.2 Å². The van der Waals surface area contributed by atoms with E-state index in [0.29, 0.717) is 6.04 Å². The van der Waals surface area contributed by atoms with Gasteiger partial charge in [0, 0.05) is 48.0 Å². The van der Waals surface area contributed by atoms with Gasteiger partial charge in [-0.25, -0.2) is 9.97 Å². The normalized spacial score (nSPS) is 16.6. The number of nitrogens with zero attached hydrogens (tertiary/aromatic N) is 3. The summed E-state index contributed by atoms with van der Waals surface area (Å²) in [6.07, 6.45) is 4.22. The largest absolute Gasteiger partial charge is 0.382 e. The van der Waals surface area contributed by atoms with Crippen molar-refractivity contribution in [1.82, 2.24) is 14.9 Å². The Balaban J connectivity index is 1.61. The number of nitrogens with one attached hydrogen (secondary N) is 2. The zero-order valence-corrected chi connectivity index (χ0v) is 19.8. The van der Waals surface area contributed by atoms with Crippen molar-refractivity contribution in [3.05, 3.63) is 53.1 Å². The number of fused-ring (bicyclic) bond motifs is 1. The molecule has 5 nitrogen and oxygen atoms in total. The van der Waals surface area contributed by atoms with Gasteiger partial charge in [0.1, 0.15) is 11.2 Å². The molecule has 3 aromatic rings. The molecule has 1 aromatic carbocycles. The van der Waals surface area contributed by atoms with Gasteiger partial charge in [-0.3, -0.25) is 0 Å². The first-order valence-corrected chi connectivity index (χ1v) is 12.1. The van der Waals surface area contributed by atoms with Crippen LogP contribution in [0.5, 0.6) is 0 Å². The van der Waals surface area contributed by atoms with Crippen LogP contribution in [-0.2, 0) is 0 Å². The van der Waals surface area contributed by atoms with Crippen LogP contribution in [0.2, 0.25) is 0 Å². The maximum Gasteiger partial charge on any atom is 0.132 e. The molecular weight excluding hydrogens is 410 g/mol. The quantitative estimate of drug-likeness (QED) is 0.439. The average molecular weight is 440 g/mol. The molecule has 4 rings (SSSR count). The van der Waals surface area contributed by atoms with Gasteiger partial charge < -0.3 is 15.5 Å². The molecule has 0 amide bonds. The highest BCUT2D eigenvalue weighted by Crippen LogP contribution is 2.43. The lowest BCUT2D eigenvalue weighted by Gasteiger charge is -2.32. The number of anilines is 3. The van der Waals surface area contributed by atoms with Gasteiger partial charge in [-0.05, 0) is 42.9 Å². The van der Waals surface area contributed by atoms with E-state index in [2.05, 4.69) is 84.9 Å². The second kappa shape index (κ2) is 8.47. The number of thioether (sulfide) groups is 1. The molecule has 0 saturated heterocycles. The lowest BCUT2D eigenvalue weighted by atomic mass is 9.96. The molecule has 0 spiro atoms. The minimum Gasteiger partial charge on any atom is -0.382 e. The topological polar surface area (TPSA) is 53.1 Å². The molecule has 2 aromatic heterocycles. The van der Waals surface area contributed by atoms with E-state index >= 15 is 0 Å². The molecule has 30 heavy (non-hydrogen) atoms. The lowest BCUT2D eigenvalue weighted by Crippen LogP contribution is -2.29. The molecule has 0 bridgehead atoms. The van der Waals surface area contributed by atoms with Crippen molar-refractivity contribution in [2.45, 2.75) is 46.0 Å². The number of hydrogen-bond donors (Lipinski definition) is 2. The maximum absolute atomic E-state index is 4.75.